The molecule has 0 spiro atoms. The van der Waals surface area contributed by atoms with Gasteiger partial charge in [-0.2, -0.15) is 0 Å². The maximum Gasteiger partial charge on any atom is 0.573 e. The van der Waals surface area contributed by atoms with E-state index in [4.69, 9.17) is 0 Å². The molecule has 0 atom stereocenters. The van der Waals surface area contributed by atoms with Crippen molar-refractivity contribution in [2.24, 2.45) is 0 Å². The predicted octanol–water partition coefficient (Wildman–Crippen LogP) is 3.40. The number of nitro groups is 1. The maximum atomic E-state index is 13.0. The van der Waals surface area contributed by atoms with E-state index in [-0.39, 0.29) is 0 Å². The van der Waals surface area contributed by atoms with Crippen LogP contribution in [-0.2, 0) is 0 Å². The monoisotopic (exact) mass is 303 g/mol. The largest absolute Gasteiger partial charge is 0.573 e. The molecule has 0 fully saturated rings. The van der Waals surface area contributed by atoms with Crippen LogP contribution < -0.4 is 4.74 Å². The number of hydrogen-bond acceptors (Lipinski definition) is 3. The molecular formula is C7H2BrF4NO3. The maximum absolute atomic E-state index is 13.0. The zero-order valence-corrected chi connectivity index (χ0v) is 8.80. The first-order valence-electron chi connectivity index (χ1n) is 3.60. The minimum atomic E-state index is -5.07. The zero-order chi connectivity index (χ0) is 12.5. The topological polar surface area (TPSA) is 52.4 Å². The van der Waals surface area contributed by atoms with Crippen molar-refractivity contribution in [3.63, 3.8) is 0 Å². The van der Waals surface area contributed by atoms with Crippen LogP contribution in [-0.4, -0.2) is 11.3 Å². The second kappa shape index (κ2) is 4.24. The fourth-order valence-corrected chi connectivity index (χ4v) is 1.37. The van der Waals surface area contributed by atoms with Gasteiger partial charge in [0.05, 0.1) is 15.5 Å². The van der Waals surface area contributed by atoms with Gasteiger partial charge < -0.3 is 4.74 Å². The Bertz CT molecular complexity index is 411. The third-order valence-electron chi connectivity index (χ3n) is 1.41. The van der Waals surface area contributed by atoms with Crippen LogP contribution in [0, 0.1) is 15.9 Å². The molecule has 0 aromatic heterocycles. The van der Waals surface area contributed by atoms with Gasteiger partial charge in [0.25, 0.3) is 5.69 Å². The first-order chi connectivity index (χ1) is 7.20. The van der Waals surface area contributed by atoms with Gasteiger partial charge in [0, 0.05) is 6.07 Å². The van der Waals surface area contributed by atoms with Gasteiger partial charge in [0.15, 0.2) is 11.6 Å². The Kier molecular flexibility index (Phi) is 3.36. The Labute approximate surface area is 94.1 Å². The Hall–Kier alpha value is -1.38. The molecule has 16 heavy (non-hydrogen) atoms. The number of ether oxygens (including phenoxy) is 1. The van der Waals surface area contributed by atoms with E-state index in [9.17, 15) is 27.7 Å². The van der Waals surface area contributed by atoms with Crippen LogP contribution in [0.4, 0.5) is 23.2 Å². The van der Waals surface area contributed by atoms with Crippen molar-refractivity contribution in [3.05, 3.63) is 32.5 Å². The molecule has 0 unspecified atom stereocenters. The van der Waals surface area contributed by atoms with Crippen molar-refractivity contribution in [2.75, 3.05) is 0 Å². The van der Waals surface area contributed by atoms with E-state index in [1.807, 2.05) is 0 Å². The van der Waals surface area contributed by atoms with Crippen LogP contribution in [0.25, 0.3) is 0 Å². The molecule has 1 rings (SSSR count). The number of nitro benzene ring substituents is 1. The fraction of sp³-hybridized carbons (Fsp3) is 0.143. The molecule has 9 heteroatoms. The summed E-state index contributed by atoms with van der Waals surface area (Å²) >= 11 is 2.55. The molecule has 0 heterocycles. The number of hydrogen-bond donors (Lipinski definition) is 0. The number of nitrogens with zero attached hydrogens (tertiary/aromatic N) is 1. The van der Waals surface area contributed by atoms with E-state index >= 15 is 0 Å². The molecule has 0 saturated heterocycles. The van der Waals surface area contributed by atoms with Crippen LogP contribution in [0.1, 0.15) is 0 Å². The Morgan fingerprint density at radius 1 is 1.38 bits per heavy atom. The van der Waals surface area contributed by atoms with Crippen LogP contribution >= 0.6 is 15.9 Å². The van der Waals surface area contributed by atoms with Crippen molar-refractivity contribution in [2.45, 2.75) is 6.36 Å². The van der Waals surface area contributed by atoms with E-state index in [1.54, 1.807) is 0 Å². The number of non-ortho nitro benzene ring substituents is 1. The molecule has 4 nitrogen and oxygen atoms in total. The van der Waals surface area contributed by atoms with Gasteiger partial charge in [0.1, 0.15) is 0 Å². The van der Waals surface area contributed by atoms with Gasteiger partial charge in [-0.25, -0.2) is 4.39 Å². The molecular weight excluding hydrogens is 302 g/mol. The SMILES string of the molecule is O=[N+]([O-])c1cc(F)c(OC(F)(F)F)c(Br)c1. The number of alkyl halides is 3. The lowest BCUT2D eigenvalue weighted by atomic mass is 10.3. The second-order valence-electron chi connectivity index (χ2n) is 2.54. The smallest absolute Gasteiger partial charge is 0.401 e. The van der Waals surface area contributed by atoms with Crippen molar-refractivity contribution in [1.29, 1.82) is 0 Å². The molecule has 0 saturated carbocycles. The van der Waals surface area contributed by atoms with Gasteiger partial charge in [-0.3, -0.25) is 10.1 Å². The van der Waals surface area contributed by atoms with Crippen LogP contribution in [0.5, 0.6) is 5.75 Å². The molecule has 0 aliphatic heterocycles. The average Bonchev–Trinajstić information content (AvgIpc) is 2.09. The summed E-state index contributed by atoms with van der Waals surface area (Å²) in [5.41, 5.74) is -0.682. The molecule has 0 amide bonds. The van der Waals surface area contributed by atoms with Crippen LogP contribution in [0.15, 0.2) is 16.6 Å². The van der Waals surface area contributed by atoms with E-state index < -0.39 is 33.0 Å². The Morgan fingerprint density at radius 2 is 1.94 bits per heavy atom. The summed E-state index contributed by atoms with van der Waals surface area (Å²) in [7, 11) is 0. The molecule has 0 radical (unpaired) electrons. The summed E-state index contributed by atoms with van der Waals surface area (Å²) in [6, 6.07) is 1.05. The third kappa shape index (κ3) is 3.05. The Balaban J connectivity index is 3.18. The summed E-state index contributed by atoms with van der Waals surface area (Å²) in [6.45, 7) is 0. The van der Waals surface area contributed by atoms with Gasteiger partial charge in [-0.05, 0) is 15.9 Å². The molecule has 0 aliphatic carbocycles. The van der Waals surface area contributed by atoms with Crippen LogP contribution in [0.2, 0.25) is 0 Å². The van der Waals surface area contributed by atoms with Crippen LogP contribution in [0.3, 0.4) is 0 Å². The van der Waals surface area contributed by atoms with Crippen molar-refractivity contribution in [3.8, 4) is 5.75 Å². The van der Waals surface area contributed by atoms with E-state index in [0.29, 0.717) is 12.1 Å². The highest BCUT2D eigenvalue weighted by Gasteiger charge is 2.34. The highest BCUT2D eigenvalue weighted by Crippen LogP contribution is 2.35. The lowest BCUT2D eigenvalue weighted by molar-refractivity contribution is -0.385. The lowest BCUT2D eigenvalue weighted by Gasteiger charge is -2.10. The molecule has 88 valence electrons. The first kappa shape index (κ1) is 12.7. The number of benzene rings is 1. The van der Waals surface area contributed by atoms with E-state index in [2.05, 4.69) is 20.7 Å². The molecule has 1 aromatic rings. The third-order valence-corrected chi connectivity index (χ3v) is 2.00. The predicted molar refractivity (Wildman–Crippen MR) is 47.4 cm³/mol. The zero-order valence-electron chi connectivity index (χ0n) is 7.22. The molecule has 1 aromatic carbocycles. The standard InChI is InChI=1S/C7H2BrF4NO3/c8-4-1-3(13(14)15)2-5(9)6(4)16-7(10,11)12/h1-2H. The van der Waals surface area contributed by atoms with Gasteiger partial charge in [0.2, 0.25) is 0 Å². The number of halogens is 5. The van der Waals surface area contributed by atoms with Crippen molar-refractivity contribution in [1.82, 2.24) is 0 Å². The quantitative estimate of drug-likeness (QED) is 0.478. The minimum Gasteiger partial charge on any atom is -0.401 e. The van der Waals surface area contributed by atoms with Crippen molar-refractivity contribution >= 4 is 21.6 Å². The summed E-state index contributed by atoms with van der Waals surface area (Å²) in [5.74, 6) is -2.61. The summed E-state index contributed by atoms with van der Waals surface area (Å²) < 4.78 is 51.4. The number of rotatable bonds is 2. The summed E-state index contributed by atoms with van der Waals surface area (Å²) in [6.07, 6.45) is -5.07. The van der Waals surface area contributed by atoms with Crippen molar-refractivity contribution < 1.29 is 27.2 Å². The highest BCUT2D eigenvalue weighted by molar-refractivity contribution is 9.10. The van der Waals surface area contributed by atoms with E-state index in [1.165, 1.54) is 0 Å². The average molecular weight is 304 g/mol. The fourth-order valence-electron chi connectivity index (χ4n) is 0.865. The molecule has 0 bridgehead atoms. The van der Waals surface area contributed by atoms with Gasteiger partial charge in [-0.1, -0.05) is 0 Å². The second-order valence-corrected chi connectivity index (χ2v) is 3.40. The van der Waals surface area contributed by atoms with E-state index in [0.717, 1.165) is 0 Å². The lowest BCUT2D eigenvalue weighted by Crippen LogP contribution is -2.18. The first-order valence-corrected chi connectivity index (χ1v) is 4.39. The van der Waals surface area contributed by atoms with Gasteiger partial charge in [-0.15, -0.1) is 13.2 Å². The summed E-state index contributed by atoms with van der Waals surface area (Å²) in [4.78, 5) is 9.32. The Morgan fingerprint density at radius 3 is 2.31 bits per heavy atom. The van der Waals surface area contributed by atoms with Gasteiger partial charge >= 0.3 is 6.36 Å². The normalized spacial score (nSPS) is 11.3. The molecule has 0 aliphatic rings. The minimum absolute atomic E-state index is 0.339. The molecule has 0 N–H and O–H groups in total. The summed E-state index contributed by atoms with van der Waals surface area (Å²) in [5, 5.41) is 10.3. The highest BCUT2D eigenvalue weighted by atomic mass is 79.9.